The van der Waals surface area contributed by atoms with E-state index in [9.17, 15) is 26.4 Å². The van der Waals surface area contributed by atoms with Crippen LogP contribution in [0.15, 0.2) is 53.4 Å². The number of sulfonamides is 1. The molecule has 0 aromatic heterocycles. The monoisotopic (exact) mass is 412 g/mol. The first kappa shape index (κ1) is 20.2. The van der Waals surface area contributed by atoms with Gasteiger partial charge in [-0.25, -0.2) is 8.42 Å². The highest BCUT2D eigenvalue weighted by atomic mass is 32.2. The van der Waals surface area contributed by atoms with Crippen LogP contribution in [0.2, 0.25) is 0 Å². The van der Waals surface area contributed by atoms with Crippen LogP contribution in [0.4, 0.5) is 18.9 Å². The number of nitrogens with zero attached hydrogens (tertiary/aromatic N) is 1. The third-order valence-electron chi connectivity index (χ3n) is 4.30. The zero-order valence-corrected chi connectivity index (χ0v) is 15.8. The maximum absolute atomic E-state index is 13.1. The maximum atomic E-state index is 13.1. The van der Waals surface area contributed by atoms with Crippen LogP contribution in [-0.2, 0) is 21.0 Å². The number of carbonyl (C=O) groups excluding carboxylic acids is 1. The second kappa shape index (κ2) is 7.46. The van der Waals surface area contributed by atoms with E-state index in [-0.39, 0.29) is 16.6 Å². The molecule has 1 saturated carbocycles. The van der Waals surface area contributed by atoms with Crippen molar-refractivity contribution in [1.82, 2.24) is 5.32 Å². The molecule has 0 atom stereocenters. The number of amides is 1. The summed E-state index contributed by atoms with van der Waals surface area (Å²) in [6.45, 7) is 1.18. The Balaban J connectivity index is 2.01. The second-order valence-corrected chi connectivity index (χ2v) is 8.58. The van der Waals surface area contributed by atoms with E-state index in [4.69, 9.17) is 0 Å². The summed E-state index contributed by atoms with van der Waals surface area (Å²) < 4.78 is 66.2. The van der Waals surface area contributed by atoms with E-state index in [0.29, 0.717) is 4.31 Å². The standard InChI is InChI=1S/C19H19F3N2O3S/c1-13-5-9-17(10-6-13)28(26,27)24(12-18(25)23-15-7-8-15)16-4-2-3-14(11-16)19(20,21)22/h2-6,9-11,15H,7-8,12H2,1H3,(H,23,25). The van der Waals surface area contributed by atoms with Gasteiger partial charge in [-0.2, -0.15) is 13.2 Å². The molecular formula is C19H19F3N2O3S. The van der Waals surface area contributed by atoms with Crippen LogP contribution >= 0.6 is 0 Å². The van der Waals surface area contributed by atoms with Gasteiger partial charge in [0, 0.05) is 6.04 Å². The molecule has 2 aromatic carbocycles. The van der Waals surface area contributed by atoms with Gasteiger partial charge in [-0.05, 0) is 50.1 Å². The molecule has 0 heterocycles. The van der Waals surface area contributed by atoms with Gasteiger partial charge in [-0.1, -0.05) is 23.8 Å². The number of anilines is 1. The lowest BCUT2D eigenvalue weighted by Crippen LogP contribution is -2.41. The van der Waals surface area contributed by atoms with Gasteiger partial charge in [0.2, 0.25) is 5.91 Å². The summed E-state index contributed by atoms with van der Waals surface area (Å²) >= 11 is 0. The Bertz CT molecular complexity index is 969. The van der Waals surface area contributed by atoms with Gasteiger partial charge in [0.15, 0.2) is 0 Å². The lowest BCUT2D eigenvalue weighted by Gasteiger charge is -2.25. The van der Waals surface area contributed by atoms with Crippen molar-refractivity contribution in [2.24, 2.45) is 0 Å². The molecule has 1 amide bonds. The maximum Gasteiger partial charge on any atom is 0.416 e. The van der Waals surface area contributed by atoms with Gasteiger partial charge in [0.05, 0.1) is 16.1 Å². The van der Waals surface area contributed by atoms with Crippen molar-refractivity contribution < 1.29 is 26.4 Å². The quantitative estimate of drug-likeness (QED) is 0.790. The second-order valence-electron chi connectivity index (χ2n) is 6.71. The van der Waals surface area contributed by atoms with Gasteiger partial charge in [-0.3, -0.25) is 9.10 Å². The molecule has 0 spiro atoms. The topological polar surface area (TPSA) is 66.5 Å². The number of carbonyl (C=O) groups is 1. The zero-order valence-electron chi connectivity index (χ0n) is 15.0. The Hall–Kier alpha value is -2.55. The molecule has 0 aliphatic heterocycles. The van der Waals surface area contributed by atoms with Crippen LogP contribution in [0.25, 0.3) is 0 Å². The molecule has 0 radical (unpaired) electrons. The number of hydrogen-bond donors (Lipinski definition) is 1. The van der Waals surface area contributed by atoms with E-state index in [0.717, 1.165) is 36.6 Å². The van der Waals surface area contributed by atoms with Crippen LogP contribution in [0, 0.1) is 6.92 Å². The minimum Gasteiger partial charge on any atom is -0.352 e. The molecule has 150 valence electrons. The number of alkyl halides is 3. The molecule has 0 saturated heterocycles. The van der Waals surface area contributed by atoms with Crippen molar-refractivity contribution in [2.45, 2.75) is 36.9 Å². The summed E-state index contributed by atoms with van der Waals surface area (Å²) in [6, 6.07) is 9.84. The Morgan fingerprint density at radius 3 is 2.36 bits per heavy atom. The Kier molecular flexibility index (Phi) is 5.38. The van der Waals surface area contributed by atoms with Crippen molar-refractivity contribution in [1.29, 1.82) is 0 Å². The molecule has 1 N–H and O–H groups in total. The molecular weight excluding hydrogens is 393 g/mol. The third kappa shape index (κ3) is 4.64. The normalized spacial score (nSPS) is 14.6. The summed E-state index contributed by atoms with van der Waals surface area (Å²) in [4.78, 5) is 12.1. The molecule has 9 heteroatoms. The van der Waals surface area contributed by atoms with Gasteiger partial charge < -0.3 is 5.32 Å². The first-order chi connectivity index (χ1) is 13.1. The fourth-order valence-electron chi connectivity index (χ4n) is 2.62. The average Bonchev–Trinajstić information content (AvgIpc) is 3.43. The predicted octanol–water partition coefficient (Wildman–Crippen LogP) is 3.49. The Labute approximate surface area is 161 Å². The van der Waals surface area contributed by atoms with Crippen LogP contribution in [0.5, 0.6) is 0 Å². The number of hydrogen-bond acceptors (Lipinski definition) is 3. The molecule has 1 aliphatic rings. The van der Waals surface area contributed by atoms with E-state index < -0.39 is 34.2 Å². The Morgan fingerprint density at radius 1 is 1.14 bits per heavy atom. The van der Waals surface area contributed by atoms with Gasteiger partial charge in [0.1, 0.15) is 6.54 Å². The van der Waals surface area contributed by atoms with Gasteiger partial charge >= 0.3 is 6.18 Å². The highest BCUT2D eigenvalue weighted by molar-refractivity contribution is 7.92. The summed E-state index contributed by atoms with van der Waals surface area (Å²) in [5, 5.41) is 2.66. The first-order valence-corrected chi connectivity index (χ1v) is 10.1. The number of halogens is 3. The fraction of sp³-hybridized carbons (Fsp3) is 0.316. The van der Waals surface area contributed by atoms with Crippen LogP contribution in [0.3, 0.4) is 0 Å². The first-order valence-electron chi connectivity index (χ1n) is 8.63. The number of aryl methyl sites for hydroxylation is 1. The highest BCUT2D eigenvalue weighted by Crippen LogP contribution is 2.33. The van der Waals surface area contributed by atoms with E-state index >= 15 is 0 Å². The lowest BCUT2D eigenvalue weighted by atomic mass is 10.2. The average molecular weight is 412 g/mol. The van der Waals surface area contributed by atoms with Crippen molar-refractivity contribution >= 4 is 21.6 Å². The van der Waals surface area contributed by atoms with Crippen LogP contribution in [-0.4, -0.2) is 26.9 Å². The lowest BCUT2D eigenvalue weighted by molar-refractivity contribution is -0.137. The number of benzene rings is 2. The summed E-state index contributed by atoms with van der Waals surface area (Å²) in [7, 11) is -4.24. The summed E-state index contributed by atoms with van der Waals surface area (Å²) in [5.41, 5.74) is -0.380. The van der Waals surface area contributed by atoms with Crippen LogP contribution in [0.1, 0.15) is 24.0 Å². The largest absolute Gasteiger partial charge is 0.416 e. The predicted molar refractivity (Wildman–Crippen MR) is 98.3 cm³/mol. The van der Waals surface area contributed by atoms with Gasteiger partial charge in [0.25, 0.3) is 10.0 Å². The fourth-order valence-corrected chi connectivity index (χ4v) is 4.03. The molecule has 5 nitrogen and oxygen atoms in total. The SMILES string of the molecule is Cc1ccc(S(=O)(=O)N(CC(=O)NC2CC2)c2cccc(C(F)(F)F)c2)cc1. The Morgan fingerprint density at radius 2 is 1.79 bits per heavy atom. The number of rotatable bonds is 6. The minimum atomic E-state index is -4.63. The van der Waals surface area contributed by atoms with Crippen molar-refractivity contribution in [3.05, 3.63) is 59.7 Å². The van der Waals surface area contributed by atoms with E-state index in [1.54, 1.807) is 19.1 Å². The van der Waals surface area contributed by atoms with E-state index in [1.807, 2.05) is 0 Å². The van der Waals surface area contributed by atoms with Crippen LogP contribution < -0.4 is 9.62 Å². The zero-order chi connectivity index (χ0) is 20.5. The molecule has 3 rings (SSSR count). The van der Waals surface area contributed by atoms with Gasteiger partial charge in [-0.15, -0.1) is 0 Å². The van der Waals surface area contributed by atoms with Crippen molar-refractivity contribution in [3.8, 4) is 0 Å². The molecule has 1 aliphatic carbocycles. The summed E-state index contributed by atoms with van der Waals surface area (Å²) in [5.74, 6) is -0.560. The number of nitrogens with one attached hydrogen (secondary N) is 1. The molecule has 0 unspecified atom stereocenters. The smallest absolute Gasteiger partial charge is 0.352 e. The van der Waals surface area contributed by atoms with E-state index in [1.165, 1.54) is 18.2 Å². The molecule has 2 aromatic rings. The molecule has 0 bridgehead atoms. The molecule has 28 heavy (non-hydrogen) atoms. The summed E-state index contributed by atoms with van der Waals surface area (Å²) in [6.07, 6.45) is -3.02. The van der Waals surface area contributed by atoms with Crippen molar-refractivity contribution in [3.63, 3.8) is 0 Å². The third-order valence-corrected chi connectivity index (χ3v) is 6.09. The molecule has 1 fully saturated rings. The highest BCUT2D eigenvalue weighted by Gasteiger charge is 2.34. The minimum absolute atomic E-state index is 0.00191. The van der Waals surface area contributed by atoms with E-state index in [2.05, 4.69) is 5.32 Å². The van der Waals surface area contributed by atoms with Crippen molar-refractivity contribution in [2.75, 3.05) is 10.8 Å².